The Bertz CT molecular complexity index is 226. The number of amides is 1. The van der Waals surface area contributed by atoms with Crippen LogP contribution in [-0.2, 0) is 4.79 Å². The van der Waals surface area contributed by atoms with Gasteiger partial charge in [0, 0.05) is 25.9 Å². The number of carbonyl (C=O) groups is 1. The van der Waals surface area contributed by atoms with Gasteiger partial charge < -0.3 is 16.0 Å². The lowest BCUT2D eigenvalue weighted by atomic mass is 10.4. The first kappa shape index (κ1) is 19.2. The fourth-order valence-electron chi connectivity index (χ4n) is 0.983. The molecule has 0 aromatic heterocycles. The van der Waals surface area contributed by atoms with Crippen LogP contribution in [0.4, 0.5) is 0 Å². The molecule has 0 saturated carbocycles. The molecule has 5 nitrogen and oxygen atoms in total. The Morgan fingerprint density at radius 1 is 1.24 bits per heavy atom. The number of nitrogens with zero attached hydrogens (tertiary/aromatic N) is 1. The third kappa shape index (κ3) is 12.1. The molecule has 1 amide bonds. The molecule has 0 bridgehead atoms. The summed E-state index contributed by atoms with van der Waals surface area (Å²) in [6.07, 6.45) is 3.00. The highest BCUT2D eigenvalue weighted by atomic mass is 127. The Hall–Kier alpha value is -0.180. The molecule has 0 aliphatic rings. The van der Waals surface area contributed by atoms with E-state index in [0.717, 1.165) is 25.3 Å². The van der Waals surface area contributed by atoms with Gasteiger partial charge >= 0.3 is 0 Å². The fraction of sp³-hybridized carbons (Fsp3) is 0.800. The zero-order chi connectivity index (χ0) is 12.2. The van der Waals surface area contributed by atoms with Crippen LogP contribution in [0.1, 0.15) is 13.3 Å². The van der Waals surface area contributed by atoms with Gasteiger partial charge in [0.25, 0.3) is 0 Å². The quantitative estimate of drug-likeness (QED) is 0.265. The van der Waals surface area contributed by atoms with Gasteiger partial charge in [-0.3, -0.25) is 9.79 Å². The molecule has 0 aliphatic heterocycles. The van der Waals surface area contributed by atoms with E-state index in [1.165, 1.54) is 0 Å². The van der Waals surface area contributed by atoms with Gasteiger partial charge in [0.1, 0.15) is 0 Å². The van der Waals surface area contributed by atoms with Gasteiger partial charge in [0.2, 0.25) is 5.91 Å². The number of aliphatic imine (C=N–C) groups is 1. The molecule has 0 atom stereocenters. The third-order valence-electron chi connectivity index (χ3n) is 1.81. The first-order chi connectivity index (χ1) is 7.74. The van der Waals surface area contributed by atoms with Crippen LogP contribution >= 0.6 is 35.7 Å². The second kappa shape index (κ2) is 13.9. The molecule has 17 heavy (non-hydrogen) atoms. The number of nitrogens with one attached hydrogen (secondary N) is 3. The van der Waals surface area contributed by atoms with Gasteiger partial charge in [-0.15, -0.1) is 24.0 Å². The van der Waals surface area contributed by atoms with E-state index in [1.807, 2.05) is 6.92 Å². The summed E-state index contributed by atoms with van der Waals surface area (Å²) in [7, 11) is 1.69. The number of halogens is 1. The number of thioether (sulfide) groups is 1. The lowest BCUT2D eigenvalue weighted by Gasteiger charge is -2.11. The van der Waals surface area contributed by atoms with Crippen molar-refractivity contribution in [3.8, 4) is 0 Å². The van der Waals surface area contributed by atoms with Gasteiger partial charge in [-0.25, -0.2) is 0 Å². The summed E-state index contributed by atoms with van der Waals surface area (Å²) < 4.78 is 0. The SMILES string of the molecule is CCCNC(=O)CNC(=NC)NCCSC.I. The van der Waals surface area contributed by atoms with E-state index in [9.17, 15) is 4.79 Å². The Kier molecular flexibility index (Phi) is 15.7. The lowest BCUT2D eigenvalue weighted by Crippen LogP contribution is -2.43. The van der Waals surface area contributed by atoms with E-state index in [4.69, 9.17) is 0 Å². The summed E-state index contributed by atoms with van der Waals surface area (Å²) in [4.78, 5) is 15.3. The molecule has 0 unspecified atom stereocenters. The molecule has 0 rings (SSSR count). The Morgan fingerprint density at radius 2 is 1.94 bits per heavy atom. The van der Waals surface area contributed by atoms with E-state index in [2.05, 4.69) is 27.2 Å². The summed E-state index contributed by atoms with van der Waals surface area (Å²) in [6, 6.07) is 0. The van der Waals surface area contributed by atoms with E-state index in [0.29, 0.717) is 5.96 Å². The summed E-state index contributed by atoms with van der Waals surface area (Å²) in [5.74, 6) is 1.68. The Labute approximate surface area is 125 Å². The van der Waals surface area contributed by atoms with Crippen molar-refractivity contribution in [2.24, 2.45) is 4.99 Å². The van der Waals surface area contributed by atoms with Crippen molar-refractivity contribution in [3.05, 3.63) is 0 Å². The van der Waals surface area contributed by atoms with Crippen LogP contribution in [0.15, 0.2) is 4.99 Å². The molecule has 3 N–H and O–H groups in total. The van der Waals surface area contributed by atoms with Gasteiger partial charge in [0.15, 0.2) is 5.96 Å². The van der Waals surface area contributed by atoms with Crippen molar-refractivity contribution < 1.29 is 4.79 Å². The summed E-state index contributed by atoms with van der Waals surface area (Å²) in [5.41, 5.74) is 0. The number of rotatable bonds is 7. The van der Waals surface area contributed by atoms with Crippen LogP contribution in [0.25, 0.3) is 0 Å². The smallest absolute Gasteiger partial charge is 0.239 e. The maximum atomic E-state index is 11.3. The second-order valence-electron chi connectivity index (χ2n) is 3.20. The van der Waals surface area contributed by atoms with E-state index in [-0.39, 0.29) is 36.4 Å². The van der Waals surface area contributed by atoms with Crippen molar-refractivity contribution in [2.45, 2.75) is 13.3 Å². The minimum atomic E-state index is -0.00494. The van der Waals surface area contributed by atoms with Gasteiger partial charge in [-0.05, 0) is 12.7 Å². The molecule has 102 valence electrons. The monoisotopic (exact) mass is 374 g/mol. The molecule has 7 heteroatoms. The molecule has 0 fully saturated rings. The highest BCUT2D eigenvalue weighted by Gasteiger charge is 2.01. The van der Waals surface area contributed by atoms with Crippen LogP contribution in [-0.4, -0.2) is 50.6 Å². The van der Waals surface area contributed by atoms with Crippen LogP contribution in [0, 0.1) is 0 Å². The van der Waals surface area contributed by atoms with E-state index < -0.39 is 0 Å². The molecule has 0 aliphatic carbocycles. The zero-order valence-electron chi connectivity index (χ0n) is 10.7. The third-order valence-corrected chi connectivity index (χ3v) is 2.42. The van der Waals surface area contributed by atoms with Crippen molar-refractivity contribution >= 4 is 47.6 Å². The summed E-state index contributed by atoms with van der Waals surface area (Å²) >= 11 is 1.77. The minimum Gasteiger partial charge on any atom is -0.356 e. The van der Waals surface area contributed by atoms with Crippen LogP contribution < -0.4 is 16.0 Å². The standard InChI is InChI=1S/C10H22N4OS.HI/c1-4-5-12-9(15)8-14-10(11-2)13-6-7-16-3;/h4-8H2,1-3H3,(H,12,15)(H2,11,13,14);1H. The maximum Gasteiger partial charge on any atom is 0.239 e. The van der Waals surface area contributed by atoms with Gasteiger partial charge in [0.05, 0.1) is 6.54 Å². The van der Waals surface area contributed by atoms with Crippen molar-refractivity contribution in [2.75, 3.05) is 38.7 Å². The molecule has 0 aromatic rings. The fourth-order valence-corrected chi connectivity index (χ4v) is 1.29. The highest BCUT2D eigenvalue weighted by Crippen LogP contribution is 1.86. The predicted molar refractivity (Wildman–Crippen MR) is 86.5 cm³/mol. The van der Waals surface area contributed by atoms with E-state index in [1.54, 1.807) is 18.8 Å². The second-order valence-corrected chi connectivity index (χ2v) is 4.18. The highest BCUT2D eigenvalue weighted by molar-refractivity contribution is 14.0. The summed E-state index contributed by atoms with van der Waals surface area (Å²) in [6.45, 7) is 3.85. The number of hydrogen-bond donors (Lipinski definition) is 3. The largest absolute Gasteiger partial charge is 0.356 e. The average Bonchev–Trinajstić information content (AvgIpc) is 2.31. The van der Waals surface area contributed by atoms with Crippen LogP contribution in [0.5, 0.6) is 0 Å². The molecular weight excluding hydrogens is 351 g/mol. The number of guanidine groups is 1. The summed E-state index contributed by atoms with van der Waals surface area (Å²) in [5, 5.41) is 8.87. The molecule has 0 heterocycles. The average molecular weight is 374 g/mol. The van der Waals surface area contributed by atoms with Crippen molar-refractivity contribution in [1.82, 2.24) is 16.0 Å². The number of carbonyl (C=O) groups excluding carboxylic acids is 1. The zero-order valence-corrected chi connectivity index (χ0v) is 13.9. The van der Waals surface area contributed by atoms with Crippen molar-refractivity contribution in [1.29, 1.82) is 0 Å². The van der Waals surface area contributed by atoms with Crippen molar-refractivity contribution in [3.63, 3.8) is 0 Å². The maximum absolute atomic E-state index is 11.3. The minimum absolute atomic E-state index is 0. The molecule has 0 aromatic carbocycles. The number of hydrogen-bond acceptors (Lipinski definition) is 3. The first-order valence-electron chi connectivity index (χ1n) is 5.44. The van der Waals surface area contributed by atoms with Crippen LogP contribution in [0.3, 0.4) is 0 Å². The molecular formula is C10H23IN4OS. The van der Waals surface area contributed by atoms with Crippen LogP contribution in [0.2, 0.25) is 0 Å². The normalized spacial score (nSPS) is 10.4. The molecule has 0 radical (unpaired) electrons. The molecule has 0 spiro atoms. The topological polar surface area (TPSA) is 65.5 Å². The first-order valence-corrected chi connectivity index (χ1v) is 6.84. The Balaban J connectivity index is 0. The van der Waals surface area contributed by atoms with Gasteiger partial charge in [-0.1, -0.05) is 6.92 Å². The van der Waals surface area contributed by atoms with Gasteiger partial charge in [-0.2, -0.15) is 11.8 Å². The predicted octanol–water partition coefficient (Wildman–Crippen LogP) is 0.659. The van der Waals surface area contributed by atoms with E-state index >= 15 is 0 Å². The lowest BCUT2D eigenvalue weighted by molar-refractivity contribution is -0.120. The Morgan fingerprint density at radius 3 is 2.47 bits per heavy atom. The molecule has 0 saturated heterocycles.